The fourth-order valence-electron chi connectivity index (χ4n) is 3.23. The third-order valence-electron chi connectivity index (χ3n) is 5.16. The van der Waals surface area contributed by atoms with Crippen molar-refractivity contribution in [1.29, 1.82) is 5.26 Å². The number of methoxy groups -OCH3 is 1. The Hall–Kier alpha value is -3.34. The number of aliphatic carboxylic acids is 1. The van der Waals surface area contributed by atoms with Crippen LogP contribution in [0.15, 0.2) is 65.7 Å². The van der Waals surface area contributed by atoms with Gasteiger partial charge in [0.2, 0.25) is 0 Å². The Morgan fingerprint density at radius 1 is 1.16 bits per heavy atom. The Morgan fingerprint density at radius 2 is 1.78 bits per heavy atom. The Balaban J connectivity index is 0.000000229. The fourth-order valence-corrected chi connectivity index (χ4v) is 3.44. The summed E-state index contributed by atoms with van der Waals surface area (Å²) in [5, 5.41) is 26.9. The topological polar surface area (TPSA) is 117 Å². The quantitative estimate of drug-likeness (QED) is 0.367. The van der Waals surface area contributed by atoms with E-state index in [1.165, 1.54) is 13.2 Å². The van der Waals surface area contributed by atoms with E-state index in [1.807, 2.05) is 44.2 Å². The molecule has 32 heavy (non-hydrogen) atoms. The molecule has 7 nitrogen and oxygen atoms in total. The lowest BCUT2D eigenvalue weighted by Gasteiger charge is -2.07. The summed E-state index contributed by atoms with van der Waals surface area (Å²) in [6.07, 6.45) is 0.348. The zero-order valence-corrected chi connectivity index (χ0v) is 18.6. The summed E-state index contributed by atoms with van der Waals surface area (Å²) in [5.74, 6) is -0.865. The molecule has 2 N–H and O–H groups in total. The Kier molecular flexibility index (Phi) is 8.41. The molecule has 2 unspecified atom stereocenters. The average molecular weight is 458 g/mol. The number of aliphatic hydroxyl groups excluding tert-OH is 1. The second-order valence-electron chi connectivity index (χ2n) is 7.69. The maximum atomic E-state index is 11.0. The van der Waals surface area contributed by atoms with Crippen molar-refractivity contribution < 1.29 is 29.3 Å². The number of para-hydroxylation sites is 1. The molecule has 0 heterocycles. The number of rotatable bonds is 6. The van der Waals surface area contributed by atoms with Crippen LogP contribution in [0.3, 0.4) is 0 Å². The highest BCUT2D eigenvalue weighted by Gasteiger charge is 2.61. The van der Waals surface area contributed by atoms with Crippen LogP contribution in [0.1, 0.15) is 25.5 Å². The number of carboxylic acid groups (broad SMARTS) is 1. The first-order chi connectivity index (χ1) is 15.1. The number of hydrogen-bond acceptors (Lipinski definition) is 6. The fraction of sp³-hybridized carbons (Fsp3) is 0.292. The number of carboxylic acids is 1. The second kappa shape index (κ2) is 10.8. The van der Waals surface area contributed by atoms with E-state index in [9.17, 15) is 14.7 Å². The molecule has 1 saturated carbocycles. The first-order valence-corrected chi connectivity index (χ1v) is 10.1. The predicted molar refractivity (Wildman–Crippen MR) is 118 cm³/mol. The van der Waals surface area contributed by atoms with Crippen molar-refractivity contribution in [2.45, 2.75) is 20.0 Å². The van der Waals surface area contributed by atoms with Crippen LogP contribution in [-0.2, 0) is 14.3 Å². The van der Waals surface area contributed by atoms with Gasteiger partial charge in [-0.2, -0.15) is 5.26 Å². The minimum atomic E-state index is -1.12. The molecule has 3 rings (SSSR count). The normalized spacial score (nSPS) is 19.4. The highest BCUT2D eigenvalue weighted by atomic mass is 35.5. The third-order valence-corrected chi connectivity index (χ3v) is 5.44. The average Bonchev–Trinajstić information content (AvgIpc) is 3.33. The van der Waals surface area contributed by atoms with Crippen molar-refractivity contribution in [3.05, 3.63) is 71.3 Å². The monoisotopic (exact) mass is 457 g/mol. The summed E-state index contributed by atoms with van der Waals surface area (Å²) in [4.78, 5) is 21.8. The number of hydrogen-bond donors (Lipinski definition) is 2. The van der Waals surface area contributed by atoms with Gasteiger partial charge in [-0.25, -0.2) is 4.79 Å². The van der Waals surface area contributed by atoms with E-state index < -0.39 is 24.0 Å². The number of ether oxygens (including phenoxy) is 2. The van der Waals surface area contributed by atoms with Crippen molar-refractivity contribution >= 4 is 23.5 Å². The molecule has 3 atom stereocenters. The number of nitrogens with zero attached hydrogens (tertiary/aromatic N) is 1. The summed E-state index contributed by atoms with van der Waals surface area (Å²) in [6, 6.07) is 18.0. The first kappa shape index (κ1) is 24.9. The molecule has 1 aliphatic carbocycles. The maximum absolute atomic E-state index is 11.0. The number of aliphatic hydroxyl groups is 1. The molecule has 0 saturated heterocycles. The maximum Gasteiger partial charge on any atom is 0.349 e. The van der Waals surface area contributed by atoms with Gasteiger partial charge < -0.3 is 19.7 Å². The number of nitriles is 1. The van der Waals surface area contributed by atoms with Crippen LogP contribution in [0.4, 0.5) is 0 Å². The van der Waals surface area contributed by atoms with Crippen LogP contribution in [-0.4, -0.2) is 29.3 Å². The SMILES string of the molecule is COC(=O)/C(Cl)=C/C1C(C(=O)O)C1(C)C.N#C[C@@H](O)c1cccc(Oc2ccccc2)c1. The number of allylic oxidation sites excluding steroid dienone is 1. The van der Waals surface area contributed by atoms with E-state index in [-0.39, 0.29) is 16.4 Å². The smallest absolute Gasteiger partial charge is 0.349 e. The van der Waals surface area contributed by atoms with Crippen LogP contribution in [0, 0.1) is 28.6 Å². The van der Waals surface area contributed by atoms with Gasteiger partial charge in [0.05, 0.1) is 19.1 Å². The summed E-state index contributed by atoms with van der Waals surface area (Å²) in [7, 11) is 1.23. The van der Waals surface area contributed by atoms with E-state index in [0.29, 0.717) is 11.3 Å². The van der Waals surface area contributed by atoms with Gasteiger partial charge in [-0.1, -0.05) is 61.9 Å². The van der Waals surface area contributed by atoms with Crippen LogP contribution in [0.25, 0.3) is 0 Å². The van der Waals surface area contributed by atoms with Gasteiger partial charge >= 0.3 is 11.9 Å². The minimum Gasteiger partial charge on any atom is -0.481 e. The molecule has 0 bridgehead atoms. The molecule has 0 amide bonds. The number of halogens is 1. The zero-order valence-electron chi connectivity index (χ0n) is 17.9. The molecule has 1 aliphatic rings. The van der Waals surface area contributed by atoms with E-state index >= 15 is 0 Å². The molecule has 0 spiro atoms. The minimum absolute atomic E-state index is 0.0562. The lowest BCUT2D eigenvalue weighted by molar-refractivity contribution is -0.139. The summed E-state index contributed by atoms with van der Waals surface area (Å²) in [5.41, 5.74) is 0.181. The third kappa shape index (κ3) is 6.33. The molecule has 8 heteroatoms. The first-order valence-electron chi connectivity index (χ1n) is 9.70. The van der Waals surface area contributed by atoms with Gasteiger partial charge in [0, 0.05) is 0 Å². The lowest BCUT2D eigenvalue weighted by atomic mass is 10.1. The summed E-state index contributed by atoms with van der Waals surface area (Å²) < 4.78 is 10.0. The highest BCUT2D eigenvalue weighted by Crippen LogP contribution is 2.59. The summed E-state index contributed by atoms with van der Waals surface area (Å²) in [6.45, 7) is 3.66. The Morgan fingerprint density at radius 3 is 2.31 bits per heavy atom. The van der Waals surface area contributed by atoms with Crippen molar-refractivity contribution in [2.75, 3.05) is 7.11 Å². The van der Waals surface area contributed by atoms with Gasteiger partial charge in [0.1, 0.15) is 16.5 Å². The van der Waals surface area contributed by atoms with E-state index in [2.05, 4.69) is 4.74 Å². The molecule has 0 aromatic heterocycles. The Bertz CT molecular complexity index is 1030. The lowest BCUT2D eigenvalue weighted by Crippen LogP contribution is -2.03. The van der Waals surface area contributed by atoms with Crippen molar-refractivity contribution in [2.24, 2.45) is 17.3 Å². The highest BCUT2D eigenvalue weighted by molar-refractivity contribution is 6.41. The van der Waals surface area contributed by atoms with Crippen LogP contribution in [0.2, 0.25) is 0 Å². The molecule has 1 fully saturated rings. The number of carbonyl (C=O) groups is 2. The van der Waals surface area contributed by atoms with Gasteiger partial charge in [0.15, 0.2) is 6.10 Å². The van der Waals surface area contributed by atoms with Crippen LogP contribution < -0.4 is 4.74 Å². The molecular weight excluding hydrogens is 434 g/mol. The number of esters is 1. The number of carbonyl (C=O) groups excluding carboxylic acids is 1. The second-order valence-corrected chi connectivity index (χ2v) is 8.10. The molecule has 0 aliphatic heterocycles. The zero-order chi connectivity index (χ0) is 23.9. The molecule has 2 aromatic rings. The van der Waals surface area contributed by atoms with Gasteiger partial charge in [-0.3, -0.25) is 4.79 Å². The molecule has 0 radical (unpaired) electrons. The predicted octanol–water partition coefficient (Wildman–Crippen LogP) is 4.67. The van der Waals surface area contributed by atoms with Crippen LogP contribution in [0.5, 0.6) is 11.5 Å². The molecular formula is C24H24ClNO6. The van der Waals surface area contributed by atoms with Crippen LogP contribution >= 0.6 is 11.6 Å². The standard InChI is InChI=1S/C14H11NO2.C10H13ClO4/c15-10-14(16)11-5-4-8-13(9-11)17-12-6-2-1-3-7-12;1-10(2)5(7(10)8(12)13)4-6(11)9(14)15-3/h1-9,14,16H;4-5,7H,1-3H3,(H,12,13)/b;6-4-/t14-;/m1./s1. The van der Waals surface area contributed by atoms with Gasteiger partial charge in [0.25, 0.3) is 0 Å². The Labute approximate surface area is 191 Å². The van der Waals surface area contributed by atoms with Crippen molar-refractivity contribution in [3.63, 3.8) is 0 Å². The van der Waals surface area contributed by atoms with E-state index in [1.54, 1.807) is 30.3 Å². The van der Waals surface area contributed by atoms with Gasteiger partial charge in [-0.15, -0.1) is 0 Å². The molecule has 2 aromatic carbocycles. The van der Waals surface area contributed by atoms with Crippen molar-refractivity contribution in [3.8, 4) is 17.6 Å². The summed E-state index contributed by atoms with van der Waals surface area (Å²) >= 11 is 5.66. The van der Waals surface area contributed by atoms with E-state index in [4.69, 9.17) is 26.7 Å². The molecule has 168 valence electrons. The largest absolute Gasteiger partial charge is 0.481 e. The van der Waals surface area contributed by atoms with Crippen molar-refractivity contribution in [1.82, 2.24) is 0 Å². The van der Waals surface area contributed by atoms with E-state index in [0.717, 1.165) is 5.75 Å². The number of benzene rings is 2. The van der Waals surface area contributed by atoms with Gasteiger partial charge in [-0.05, 0) is 41.2 Å².